The maximum absolute atomic E-state index is 12.6. The summed E-state index contributed by atoms with van der Waals surface area (Å²) in [5, 5.41) is 10.3. The third-order valence-electron chi connectivity index (χ3n) is 4.70. The lowest BCUT2D eigenvalue weighted by Gasteiger charge is -2.33. The molecular formula is C21H27NO2. The topological polar surface area (TPSA) is 40.5 Å². The minimum atomic E-state index is -1.02. The number of aryl methyl sites for hydroxylation is 2. The van der Waals surface area contributed by atoms with Crippen molar-refractivity contribution in [2.75, 3.05) is 20.6 Å². The average molecular weight is 325 g/mol. The Kier molecular flexibility index (Phi) is 5.79. The lowest BCUT2D eigenvalue weighted by Crippen LogP contribution is -2.40. The van der Waals surface area contributed by atoms with Crippen molar-refractivity contribution in [3.05, 3.63) is 70.8 Å². The molecule has 0 radical (unpaired) electrons. The summed E-state index contributed by atoms with van der Waals surface area (Å²) in [6.07, 6.45) is 1.36. The van der Waals surface area contributed by atoms with Crippen molar-refractivity contribution >= 4 is 5.97 Å². The highest BCUT2D eigenvalue weighted by Crippen LogP contribution is 2.38. The molecule has 0 aromatic heterocycles. The molecule has 0 saturated heterocycles. The van der Waals surface area contributed by atoms with E-state index in [0.29, 0.717) is 13.0 Å². The summed E-state index contributed by atoms with van der Waals surface area (Å²) in [6.45, 7) is 4.80. The standard InChI is InChI=1S/C21H27NO2/c1-5-17-8-6-7-9-19(17)21(20(23)24,14-15-22(3)4)18-12-10-16(2)11-13-18/h6-13H,5,14-15H2,1-4H3,(H,23,24). The van der Waals surface area contributed by atoms with Gasteiger partial charge in [0, 0.05) is 0 Å². The van der Waals surface area contributed by atoms with Crippen LogP contribution in [0.2, 0.25) is 0 Å². The van der Waals surface area contributed by atoms with E-state index in [1.165, 1.54) is 0 Å². The second-order valence-corrected chi connectivity index (χ2v) is 6.64. The van der Waals surface area contributed by atoms with E-state index in [9.17, 15) is 9.90 Å². The number of nitrogens with zero attached hydrogens (tertiary/aromatic N) is 1. The number of benzene rings is 2. The first kappa shape index (κ1) is 18.2. The van der Waals surface area contributed by atoms with Gasteiger partial charge in [0.25, 0.3) is 0 Å². The van der Waals surface area contributed by atoms with Gasteiger partial charge in [0.2, 0.25) is 0 Å². The SMILES string of the molecule is CCc1ccccc1C(CCN(C)C)(C(=O)O)c1ccc(C)cc1. The predicted molar refractivity (Wildman–Crippen MR) is 98.6 cm³/mol. The number of hydrogen-bond donors (Lipinski definition) is 1. The zero-order chi connectivity index (χ0) is 17.7. The van der Waals surface area contributed by atoms with Crippen molar-refractivity contribution < 1.29 is 9.90 Å². The van der Waals surface area contributed by atoms with Crippen LogP contribution in [0.5, 0.6) is 0 Å². The van der Waals surface area contributed by atoms with Gasteiger partial charge in [0.15, 0.2) is 0 Å². The van der Waals surface area contributed by atoms with Crippen molar-refractivity contribution in [3.63, 3.8) is 0 Å². The molecule has 1 N–H and O–H groups in total. The fraction of sp³-hybridized carbons (Fsp3) is 0.381. The number of hydrogen-bond acceptors (Lipinski definition) is 2. The molecule has 3 heteroatoms. The van der Waals surface area contributed by atoms with E-state index in [2.05, 4.69) is 6.92 Å². The van der Waals surface area contributed by atoms with E-state index >= 15 is 0 Å². The van der Waals surface area contributed by atoms with Gasteiger partial charge in [-0.25, -0.2) is 0 Å². The molecule has 0 saturated carbocycles. The molecule has 0 amide bonds. The highest BCUT2D eigenvalue weighted by Gasteiger charge is 2.43. The molecular weight excluding hydrogens is 298 g/mol. The molecule has 1 unspecified atom stereocenters. The Morgan fingerprint density at radius 3 is 2.25 bits per heavy atom. The molecule has 2 aromatic rings. The van der Waals surface area contributed by atoms with Gasteiger partial charge in [0.05, 0.1) is 0 Å². The summed E-state index contributed by atoms with van der Waals surface area (Å²) < 4.78 is 0. The van der Waals surface area contributed by atoms with Crippen LogP contribution in [0.1, 0.15) is 35.6 Å². The number of carboxylic acids is 1. The maximum Gasteiger partial charge on any atom is 0.318 e. The first-order valence-electron chi connectivity index (χ1n) is 8.45. The summed E-state index contributed by atoms with van der Waals surface area (Å²) in [6, 6.07) is 15.9. The van der Waals surface area contributed by atoms with Crippen LogP contribution in [-0.4, -0.2) is 36.6 Å². The molecule has 0 aliphatic heterocycles. The van der Waals surface area contributed by atoms with Gasteiger partial charge < -0.3 is 10.0 Å². The largest absolute Gasteiger partial charge is 0.480 e. The van der Waals surface area contributed by atoms with Crippen LogP contribution < -0.4 is 0 Å². The monoisotopic (exact) mass is 325 g/mol. The van der Waals surface area contributed by atoms with Crippen molar-refractivity contribution in [2.45, 2.75) is 32.1 Å². The van der Waals surface area contributed by atoms with E-state index in [1.54, 1.807) is 0 Å². The minimum Gasteiger partial charge on any atom is -0.480 e. The zero-order valence-electron chi connectivity index (χ0n) is 15.0. The molecule has 2 rings (SSSR count). The zero-order valence-corrected chi connectivity index (χ0v) is 15.0. The fourth-order valence-electron chi connectivity index (χ4n) is 3.25. The second-order valence-electron chi connectivity index (χ2n) is 6.64. The van der Waals surface area contributed by atoms with E-state index in [4.69, 9.17) is 0 Å². The van der Waals surface area contributed by atoms with E-state index < -0.39 is 11.4 Å². The average Bonchev–Trinajstić information content (AvgIpc) is 2.56. The van der Waals surface area contributed by atoms with Crippen molar-refractivity contribution in [1.29, 1.82) is 0 Å². The molecule has 0 fully saturated rings. The molecule has 0 spiro atoms. The Morgan fingerprint density at radius 2 is 1.71 bits per heavy atom. The first-order valence-corrected chi connectivity index (χ1v) is 8.45. The normalized spacial score (nSPS) is 13.7. The Morgan fingerprint density at radius 1 is 1.08 bits per heavy atom. The third-order valence-corrected chi connectivity index (χ3v) is 4.70. The Labute approximate surface area is 144 Å². The van der Waals surface area contributed by atoms with Gasteiger partial charge in [-0.05, 0) is 57.1 Å². The van der Waals surface area contributed by atoms with Gasteiger partial charge in [-0.15, -0.1) is 0 Å². The van der Waals surface area contributed by atoms with Crippen LogP contribution >= 0.6 is 0 Å². The lowest BCUT2D eigenvalue weighted by molar-refractivity contribution is -0.142. The van der Waals surface area contributed by atoms with Crippen molar-refractivity contribution in [1.82, 2.24) is 4.90 Å². The van der Waals surface area contributed by atoms with Crippen molar-refractivity contribution in [2.24, 2.45) is 0 Å². The van der Waals surface area contributed by atoms with Gasteiger partial charge in [-0.1, -0.05) is 61.0 Å². The molecule has 3 nitrogen and oxygen atoms in total. The molecule has 0 aliphatic carbocycles. The van der Waals surface area contributed by atoms with Gasteiger partial charge in [-0.3, -0.25) is 4.79 Å². The van der Waals surface area contributed by atoms with E-state index in [1.807, 2.05) is 74.4 Å². The van der Waals surface area contributed by atoms with Crippen LogP contribution in [0.3, 0.4) is 0 Å². The summed E-state index contributed by atoms with van der Waals surface area (Å²) in [7, 11) is 3.96. The first-order chi connectivity index (χ1) is 11.4. The Balaban J connectivity index is 2.70. The fourth-order valence-corrected chi connectivity index (χ4v) is 3.25. The number of carbonyl (C=O) groups is 1. The van der Waals surface area contributed by atoms with Crippen LogP contribution in [0, 0.1) is 6.92 Å². The van der Waals surface area contributed by atoms with Gasteiger partial charge >= 0.3 is 5.97 Å². The molecule has 0 aliphatic rings. The third kappa shape index (κ3) is 3.51. The number of aliphatic carboxylic acids is 1. The predicted octanol–water partition coefficient (Wildman–Crippen LogP) is 3.88. The van der Waals surface area contributed by atoms with Gasteiger partial charge in [-0.2, -0.15) is 0 Å². The quantitative estimate of drug-likeness (QED) is 0.840. The van der Waals surface area contributed by atoms with Crippen LogP contribution in [-0.2, 0) is 16.6 Å². The summed E-state index contributed by atoms with van der Waals surface area (Å²) in [5.74, 6) is -0.783. The van der Waals surface area contributed by atoms with Crippen LogP contribution in [0.25, 0.3) is 0 Å². The van der Waals surface area contributed by atoms with Crippen molar-refractivity contribution in [3.8, 4) is 0 Å². The van der Waals surface area contributed by atoms with E-state index in [-0.39, 0.29) is 0 Å². The summed E-state index contributed by atoms with van der Waals surface area (Å²) >= 11 is 0. The molecule has 128 valence electrons. The molecule has 1 atom stereocenters. The highest BCUT2D eigenvalue weighted by molar-refractivity contribution is 5.86. The molecule has 2 aromatic carbocycles. The Bertz CT molecular complexity index is 691. The molecule has 0 heterocycles. The minimum absolute atomic E-state index is 0.537. The summed E-state index contributed by atoms with van der Waals surface area (Å²) in [4.78, 5) is 14.6. The summed E-state index contributed by atoms with van der Waals surface area (Å²) in [5.41, 5.74) is 2.97. The molecule has 24 heavy (non-hydrogen) atoms. The van der Waals surface area contributed by atoms with Gasteiger partial charge in [0.1, 0.15) is 5.41 Å². The van der Waals surface area contributed by atoms with Crippen LogP contribution in [0.4, 0.5) is 0 Å². The van der Waals surface area contributed by atoms with Crippen LogP contribution in [0.15, 0.2) is 48.5 Å². The molecule has 0 bridgehead atoms. The second kappa shape index (κ2) is 7.63. The maximum atomic E-state index is 12.6. The van der Waals surface area contributed by atoms with E-state index in [0.717, 1.165) is 28.7 Å². The Hall–Kier alpha value is -2.13. The highest BCUT2D eigenvalue weighted by atomic mass is 16.4. The lowest BCUT2D eigenvalue weighted by atomic mass is 9.70. The number of rotatable bonds is 7. The smallest absolute Gasteiger partial charge is 0.318 e. The number of carboxylic acid groups (broad SMARTS) is 1.